The topological polar surface area (TPSA) is 35.9 Å². The van der Waals surface area contributed by atoms with Gasteiger partial charge in [-0.3, -0.25) is 4.79 Å². The zero-order valence-corrected chi connectivity index (χ0v) is 16.2. The molecule has 3 rings (SSSR count). The SMILES string of the molecule is Cc1ccc(C(=O)CSC(=Nc2ccccc2)N2CCN(C)CC2)cc1. The van der Waals surface area contributed by atoms with E-state index >= 15 is 0 Å². The van der Waals surface area contributed by atoms with Gasteiger partial charge in [0, 0.05) is 31.7 Å². The van der Waals surface area contributed by atoms with E-state index < -0.39 is 0 Å². The molecule has 0 atom stereocenters. The highest BCUT2D eigenvalue weighted by atomic mass is 32.2. The second-order valence-corrected chi connectivity index (χ2v) is 7.54. The Morgan fingerprint density at radius 2 is 1.65 bits per heavy atom. The molecule has 1 fully saturated rings. The van der Waals surface area contributed by atoms with Crippen LogP contribution in [0, 0.1) is 6.92 Å². The summed E-state index contributed by atoms with van der Waals surface area (Å²) in [6.45, 7) is 5.93. The number of thioether (sulfide) groups is 1. The lowest BCUT2D eigenvalue weighted by molar-refractivity contribution is 0.102. The fourth-order valence-corrected chi connectivity index (χ4v) is 3.72. The van der Waals surface area contributed by atoms with Crippen LogP contribution < -0.4 is 0 Å². The number of hydrogen-bond acceptors (Lipinski definition) is 4. The minimum atomic E-state index is 0.143. The molecule has 0 spiro atoms. The quantitative estimate of drug-likeness (QED) is 0.467. The Labute approximate surface area is 159 Å². The van der Waals surface area contributed by atoms with E-state index in [2.05, 4.69) is 16.8 Å². The predicted octanol–water partition coefficient (Wildman–Crippen LogP) is 3.85. The fourth-order valence-electron chi connectivity index (χ4n) is 2.76. The summed E-state index contributed by atoms with van der Waals surface area (Å²) in [5.41, 5.74) is 2.86. The molecule has 5 heteroatoms. The molecule has 0 bridgehead atoms. The highest BCUT2D eigenvalue weighted by Gasteiger charge is 2.19. The maximum absolute atomic E-state index is 12.5. The van der Waals surface area contributed by atoms with E-state index in [1.165, 1.54) is 11.8 Å². The van der Waals surface area contributed by atoms with E-state index in [9.17, 15) is 4.79 Å². The van der Waals surface area contributed by atoms with E-state index in [1.807, 2.05) is 61.5 Å². The fraction of sp³-hybridized carbons (Fsp3) is 0.333. The Hall–Kier alpha value is -2.11. The van der Waals surface area contributed by atoms with Crippen LogP contribution in [0.1, 0.15) is 15.9 Å². The van der Waals surface area contributed by atoms with Gasteiger partial charge in [-0.2, -0.15) is 0 Å². The number of likely N-dealkylation sites (N-methyl/N-ethyl adjacent to an activating group) is 1. The first-order valence-corrected chi connectivity index (χ1v) is 9.90. The minimum absolute atomic E-state index is 0.143. The highest BCUT2D eigenvalue weighted by molar-refractivity contribution is 8.14. The van der Waals surface area contributed by atoms with Crippen LogP contribution in [0.25, 0.3) is 0 Å². The van der Waals surface area contributed by atoms with Gasteiger partial charge in [-0.15, -0.1) is 0 Å². The van der Waals surface area contributed by atoms with Crippen molar-refractivity contribution in [2.24, 2.45) is 4.99 Å². The number of rotatable bonds is 4. The van der Waals surface area contributed by atoms with Gasteiger partial charge in [-0.05, 0) is 26.1 Å². The van der Waals surface area contributed by atoms with Crippen LogP contribution in [0.2, 0.25) is 0 Å². The number of aryl methyl sites for hydroxylation is 1. The van der Waals surface area contributed by atoms with Gasteiger partial charge in [0.2, 0.25) is 0 Å². The van der Waals surface area contributed by atoms with Gasteiger partial charge in [0.15, 0.2) is 11.0 Å². The number of amidine groups is 1. The van der Waals surface area contributed by atoms with Gasteiger partial charge in [0.05, 0.1) is 11.4 Å². The molecule has 2 aromatic carbocycles. The van der Waals surface area contributed by atoms with Gasteiger partial charge in [-0.25, -0.2) is 4.99 Å². The number of Topliss-reactive ketones (excluding diaryl/α,β-unsaturated/α-hetero) is 1. The Morgan fingerprint density at radius 3 is 2.31 bits per heavy atom. The molecule has 1 aliphatic rings. The summed E-state index contributed by atoms with van der Waals surface area (Å²) in [7, 11) is 2.14. The summed E-state index contributed by atoms with van der Waals surface area (Å²) in [5, 5.41) is 0.935. The number of carbonyl (C=O) groups is 1. The van der Waals surface area contributed by atoms with Crippen molar-refractivity contribution < 1.29 is 4.79 Å². The summed E-state index contributed by atoms with van der Waals surface area (Å²) in [5.74, 6) is 0.547. The molecule has 0 aromatic heterocycles. The molecule has 1 saturated heterocycles. The van der Waals surface area contributed by atoms with Crippen molar-refractivity contribution in [3.05, 3.63) is 65.7 Å². The lowest BCUT2D eigenvalue weighted by Gasteiger charge is -2.34. The van der Waals surface area contributed by atoms with Crippen molar-refractivity contribution in [1.29, 1.82) is 0 Å². The molecule has 136 valence electrons. The van der Waals surface area contributed by atoms with Crippen molar-refractivity contribution in [2.45, 2.75) is 6.92 Å². The molecule has 4 nitrogen and oxygen atoms in total. The second-order valence-electron chi connectivity index (χ2n) is 6.60. The molecule has 0 amide bonds. The van der Waals surface area contributed by atoms with Crippen molar-refractivity contribution in [1.82, 2.24) is 9.80 Å². The van der Waals surface area contributed by atoms with Crippen LogP contribution in [0.15, 0.2) is 59.6 Å². The van der Waals surface area contributed by atoms with Crippen LogP contribution in [0.4, 0.5) is 5.69 Å². The summed E-state index contributed by atoms with van der Waals surface area (Å²) >= 11 is 1.54. The number of para-hydroxylation sites is 1. The second kappa shape index (κ2) is 9.01. The number of benzene rings is 2. The molecular formula is C21H25N3OS. The number of carbonyl (C=O) groups excluding carboxylic acids is 1. The van der Waals surface area contributed by atoms with E-state index in [1.54, 1.807) is 0 Å². The summed E-state index contributed by atoms with van der Waals surface area (Å²) in [6, 6.07) is 17.7. The Bertz CT molecular complexity index is 751. The van der Waals surface area contributed by atoms with Crippen molar-refractivity contribution >= 4 is 28.4 Å². The Kier molecular flexibility index (Phi) is 6.47. The molecule has 26 heavy (non-hydrogen) atoms. The van der Waals surface area contributed by atoms with Gasteiger partial charge in [0.1, 0.15) is 0 Å². The maximum Gasteiger partial charge on any atom is 0.173 e. The molecule has 0 saturated carbocycles. The third kappa shape index (κ3) is 5.19. The number of ketones is 1. The van der Waals surface area contributed by atoms with Crippen LogP contribution in [0.3, 0.4) is 0 Å². The lowest BCUT2D eigenvalue weighted by Crippen LogP contribution is -2.46. The third-order valence-electron chi connectivity index (χ3n) is 4.46. The van der Waals surface area contributed by atoms with Gasteiger partial charge < -0.3 is 9.80 Å². The van der Waals surface area contributed by atoms with E-state index in [0.717, 1.165) is 48.2 Å². The number of hydrogen-bond donors (Lipinski definition) is 0. The average Bonchev–Trinajstić information content (AvgIpc) is 2.67. The number of piperazine rings is 1. The molecule has 1 aliphatic heterocycles. The first-order valence-electron chi connectivity index (χ1n) is 8.92. The van der Waals surface area contributed by atoms with Crippen LogP contribution in [0.5, 0.6) is 0 Å². The Balaban J connectivity index is 1.72. The largest absolute Gasteiger partial charge is 0.349 e. The maximum atomic E-state index is 12.5. The summed E-state index contributed by atoms with van der Waals surface area (Å²) in [4.78, 5) is 22.0. The smallest absolute Gasteiger partial charge is 0.173 e. The minimum Gasteiger partial charge on any atom is -0.349 e. The monoisotopic (exact) mass is 367 g/mol. The van der Waals surface area contributed by atoms with Gasteiger partial charge in [0.25, 0.3) is 0 Å². The highest BCUT2D eigenvalue weighted by Crippen LogP contribution is 2.20. The van der Waals surface area contributed by atoms with E-state index in [4.69, 9.17) is 4.99 Å². The van der Waals surface area contributed by atoms with Gasteiger partial charge in [-0.1, -0.05) is 59.8 Å². The lowest BCUT2D eigenvalue weighted by atomic mass is 10.1. The number of nitrogens with zero attached hydrogens (tertiary/aromatic N) is 3. The normalized spacial score (nSPS) is 15.9. The summed E-state index contributed by atoms with van der Waals surface area (Å²) in [6.07, 6.45) is 0. The molecule has 1 heterocycles. The standard InChI is InChI=1S/C21H25N3OS/c1-17-8-10-18(11-9-17)20(25)16-26-21(22-19-6-4-3-5-7-19)24-14-12-23(2)13-15-24/h3-11H,12-16H2,1-2H3. The van der Waals surface area contributed by atoms with E-state index in [-0.39, 0.29) is 5.78 Å². The van der Waals surface area contributed by atoms with Crippen molar-refractivity contribution in [2.75, 3.05) is 39.0 Å². The zero-order valence-electron chi connectivity index (χ0n) is 15.4. The molecular weight excluding hydrogens is 342 g/mol. The van der Waals surface area contributed by atoms with Crippen LogP contribution in [-0.4, -0.2) is 59.7 Å². The molecule has 0 aliphatic carbocycles. The van der Waals surface area contributed by atoms with Gasteiger partial charge >= 0.3 is 0 Å². The van der Waals surface area contributed by atoms with Crippen molar-refractivity contribution in [3.8, 4) is 0 Å². The van der Waals surface area contributed by atoms with Crippen molar-refractivity contribution in [3.63, 3.8) is 0 Å². The molecule has 0 unspecified atom stereocenters. The molecule has 0 N–H and O–H groups in total. The first-order chi connectivity index (χ1) is 12.6. The zero-order chi connectivity index (χ0) is 18.4. The molecule has 2 aromatic rings. The Morgan fingerprint density at radius 1 is 1.00 bits per heavy atom. The van der Waals surface area contributed by atoms with Crippen LogP contribution in [-0.2, 0) is 0 Å². The average molecular weight is 368 g/mol. The molecule has 0 radical (unpaired) electrons. The summed E-state index contributed by atoms with van der Waals surface area (Å²) < 4.78 is 0. The van der Waals surface area contributed by atoms with Crippen LogP contribution >= 0.6 is 11.8 Å². The predicted molar refractivity (Wildman–Crippen MR) is 111 cm³/mol. The third-order valence-corrected chi connectivity index (χ3v) is 5.47. The number of aliphatic imine (C=N–C) groups is 1. The first kappa shape index (κ1) is 18.7. The van der Waals surface area contributed by atoms with E-state index in [0.29, 0.717) is 5.75 Å².